The molecule has 1 heterocycles. The van der Waals surface area contributed by atoms with Gasteiger partial charge in [-0.1, -0.05) is 6.07 Å². The van der Waals surface area contributed by atoms with Crippen molar-refractivity contribution in [2.75, 3.05) is 4.72 Å². The van der Waals surface area contributed by atoms with Crippen molar-refractivity contribution >= 4 is 15.7 Å². The minimum absolute atomic E-state index is 0.0875. The lowest BCUT2D eigenvalue weighted by Crippen LogP contribution is -2.15. The number of aryl methyl sites for hydroxylation is 1. The van der Waals surface area contributed by atoms with E-state index < -0.39 is 22.4 Å². The van der Waals surface area contributed by atoms with Crippen LogP contribution in [0.25, 0.3) is 0 Å². The van der Waals surface area contributed by atoms with Gasteiger partial charge in [-0.15, -0.1) is 0 Å². The number of hydrogen-bond acceptors (Lipinski definition) is 4. The molecule has 8 heteroatoms. The number of benzene rings is 1. The second-order valence-corrected chi connectivity index (χ2v) is 5.50. The Hall–Kier alpha value is -1.93. The summed E-state index contributed by atoms with van der Waals surface area (Å²) in [5.74, 6) is -0.555. The zero-order chi connectivity index (χ0) is 14.0. The first-order valence-corrected chi connectivity index (χ1v) is 6.85. The predicted octanol–water partition coefficient (Wildman–Crippen LogP) is 1.15. The molecule has 0 aliphatic rings. The van der Waals surface area contributed by atoms with Crippen LogP contribution in [0.3, 0.4) is 0 Å². The Labute approximate surface area is 109 Å². The van der Waals surface area contributed by atoms with Crippen LogP contribution in [0.4, 0.5) is 10.1 Å². The normalized spacial score (nSPS) is 11.5. The summed E-state index contributed by atoms with van der Waals surface area (Å²) < 4.78 is 39.4. The molecule has 0 bridgehead atoms. The molecule has 0 spiro atoms. The Morgan fingerprint density at radius 3 is 2.84 bits per heavy atom. The number of aromatic nitrogens is 2. The lowest BCUT2D eigenvalue weighted by Gasteiger charge is -2.07. The largest absolute Gasteiger partial charge is 0.392 e. The van der Waals surface area contributed by atoms with Gasteiger partial charge in [0.05, 0.1) is 12.3 Å². The topological polar surface area (TPSA) is 95.1 Å². The summed E-state index contributed by atoms with van der Waals surface area (Å²) >= 11 is 0. The Morgan fingerprint density at radius 1 is 1.47 bits per heavy atom. The van der Waals surface area contributed by atoms with Crippen LogP contribution in [0.1, 0.15) is 11.3 Å². The van der Waals surface area contributed by atoms with Gasteiger partial charge in [0, 0.05) is 11.3 Å². The Balaban J connectivity index is 2.38. The van der Waals surface area contributed by atoms with E-state index in [-0.39, 0.29) is 16.3 Å². The molecule has 19 heavy (non-hydrogen) atoms. The third kappa shape index (κ3) is 2.74. The number of aromatic amines is 1. The summed E-state index contributed by atoms with van der Waals surface area (Å²) in [5.41, 5.74) is 0.732. The van der Waals surface area contributed by atoms with Crippen molar-refractivity contribution in [2.45, 2.75) is 18.6 Å². The number of anilines is 1. The Kier molecular flexibility index (Phi) is 3.54. The quantitative estimate of drug-likeness (QED) is 0.785. The van der Waals surface area contributed by atoms with E-state index in [1.54, 1.807) is 6.92 Å². The average Bonchev–Trinajstić information content (AvgIpc) is 2.70. The third-order valence-electron chi connectivity index (χ3n) is 2.53. The standard InChI is InChI=1S/C11H12FN3O3S/c1-7-10(6-16)11(14-13-7)19(17,18)15-9-4-2-3-8(12)5-9/h2-5,15-16H,6H2,1H3,(H,13,14). The number of nitrogens with one attached hydrogen (secondary N) is 2. The lowest BCUT2D eigenvalue weighted by atomic mass is 10.3. The van der Waals surface area contributed by atoms with E-state index in [2.05, 4.69) is 14.9 Å². The summed E-state index contributed by atoms with van der Waals surface area (Å²) in [6.45, 7) is 1.14. The number of rotatable bonds is 4. The smallest absolute Gasteiger partial charge is 0.281 e. The van der Waals surface area contributed by atoms with Crippen molar-refractivity contribution in [3.05, 3.63) is 41.3 Å². The molecule has 0 amide bonds. The molecule has 102 valence electrons. The molecule has 0 aliphatic heterocycles. The van der Waals surface area contributed by atoms with Crippen molar-refractivity contribution in [3.8, 4) is 0 Å². The number of aliphatic hydroxyl groups excluding tert-OH is 1. The molecule has 3 N–H and O–H groups in total. The fourth-order valence-corrected chi connectivity index (χ4v) is 2.84. The molecule has 1 aromatic carbocycles. The zero-order valence-electron chi connectivity index (χ0n) is 10.0. The van der Waals surface area contributed by atoms with Crippen LogP contribution in [-0.2, 0) is 16.6 Å². The first kappa shape index (κ1) is 13.5. The number of hydrogen-bond donors (Lipinski definition) is 3. The molecule has 0 atom stereocenters. The number of halogens is 1. The van der Waals surface area contributed by atoms with Gasteiger partial charge in [-0.25, -0.2) is 4.39 Å². The summed E-state index contributed by atoms with van der Waals surface area (Å²) in [4.78, 5) is 0. The van der Waals surface area contributed by atoms with Gasteiger partial charge in [-0.05, 0) is 25.1 Å². The lowest BCUT2D eigenvalue weighted by molar-refractivity contribution is 0.277. The first-order valence-electron chi connectivity index (χ1n) is 5.37. The van der Waals surface area contributed by atoms with E-state index in [0.29, 0.717) is 5.69 Å². The van der Waals surface area contributed by atoms with E-state index in [1.807, 2.05) is 0 Å². The van der Waals surface area contributed by atoms with E-state index in [9.17, 15) is 12.8 Å². The monoisotopic (exact) mass is 285 g/mol. The van der Waals surface area contributed by atoms with Gasteiger partial charge in [-0.3, -0.25) is 9.82 Å². The van der Waals surface area contributed by atoms with Gasteiger partial charge < -0.3 is 5.11 Å². The number of sulfonamides is 1. The second kappa shape index (κ2) is 4.98. The molecule has 0 unspecified atom stereocenters. The van der Waals surface area contributed by atoms with Crippen LogP contribution in [0.15, 0.2) is 29.3 Å². The average molecular weight is 285 g/mol. The maximum Gasteiger partial charge on any atom is 0.281 e. The number of H-pyrrole nitrogens is 1. The van der Waals surface area contributed by atoms with Crippen LogP contribution in [0.2, 0.25) is 0 Å². The molecular formula is C11H12FN3O3S. The van der Waals surface area contributed by atoms with Gasteiger partial charge >= 0.3 is 0 Å². The third-order valence-corrected chi connectivity index (χ3v) is 3.88. The Morgan fingerprint density at radius 2 is 2.21 bits per heavy atom. The van der Waals surface area contributed by atoms with Gasteiger partial charge in [0.2, 0.25) is 5.03 Å². The number of nitrogens with zero attached hydrogens (tertiary/aromatic N) is 1. The molecule has 0 saturated carbocycles. The van der Waals surface area contributed by atoms with Gasteiger partial charge in [-0.2, -0.15) is 13.5 Å². The van der Waals surface area contributed by atoms with Crippen LogP contribution in [-0.4, -0.2) is 23.7 Å². The van der Waals surface area contributed by atoms with Crippen molar-refractivity contribution < 1.29 is 17.9 Å². The van der Waals surface area contributed by atoms with Crippen molar-refractivity contribution in [2.24, 2.45) is 0 Å². The van der Waals surface area contributed by atoms with Crippen molar-refractivity contribution in [1.82, 2.24) is 10.2 Å². The van der Waals surface area contributed by atoms with Crippen molar-refractivity contribution in [3.63, 3.8) is 0 Å². The highest BCUT2D eigenvalue weighted by Gasteiger charge is 2.23. The summed E-state index contributed by atoms with van der Waals surface area (Å²) in [7, 11) is -3.97. The maximum atomic E-state index is 13.0. The predicted molar refractivity (Wildman–Crippen MR) is 66.5 cm³/mol. The SMILES string of the molecule is Cc1[nH]nc(S(=O)(=O)Nc2cccc(F)c2)c1CO. The van der Waals surface area contributed by atoms with Crippen molar-refractivity contribution in [1.29, 1.82) is 0 Å². The van der Waals surface area contributed by atoms with Gasteiger partial charge in [0.25, 0.3) is 10.0 Å². The van der Waals surface area contributed by atoms with Gasteiger partial charge in [0.15, 0.2) is 0 Å². The summed E-state index contributed by atoms with van der Waals surface area (Å²) in [5, 5.41) is 15.0. The second-order valence-electron chi connectivity index (χ2n) is 3.91. The zero-order valence-corrected chi connectivity index (χ0v) is 10.8. The highest BCUT2D eigenvalue weighted by Crippen LogP contribution is 2.20. The molecule has 1 aromatic heterocycles. The van der Waals surface area contributed by atoms with Crippen LogP contribution in [0.5, 0.6) is 0 Å². The van der Waals surface area contributed by atoms with E-state index >= 15 is 0 Å². The van der Waals surface area contributed by atoms with E-state index in [0.717, 1.165) is 6.07 Å². The first-order chi connectivity index (χ1) is 8.94. The maximum absolute atomic E-state index is 13.0. The minimum Gasteiger partial charge on any atom is -0.392 e. The molecule has 0 radical (unpaired) electrons. The Bertz CT molecular complexity index is 697. The van der Waals surface area contributed by atoms with E-state index in [1.165, 1.54) is 18.2 Å². The highest BCUT2D eigenvalue weighted by molar-refractivity contribution is 7.92. The van der Waals surface area contributed by atoms with Gasteiger partial charge in [0.1, 0.15) is 5.82 Å². The molecule has 2 aromatic rings. The molecule has 0 aliphatic carbocycles. The minimum atomic E-state index is -3.97. The summed E-state index contributed by atoms with van der Waals surface area (Å²) in [6, 6.07) is 5.06. The molecule has 0 saturated heterocycles. The van der Waals surface area contributed by atoms with Crippen LogP contribution >= 0.6 is 0 Å². The molecule has 0 fully saturated rings. The van der Waals surface area contributed by atoms with E-state index in [4.69, 9.17) is 5.11 Å². The molecular weight excluding hydrogens is 273 g/mol. The fourth-order valence-electron chi connectivity index (χ4n) is 1.59. The highest BCUT2D eigenvalue weighted by atomic mass is 32.2. The van der Waals surface area contributed by atoms with Crippen LogP contribution < -0.4 is 4.72 Å². The summed E-state index contributed by atoms with van der Waals surface area (Å²) in [6.07, 6.45) is 0. The van der Waals surface area contributed by atoms with Crippen LogP contribution in [0, 0.1) is 12.7 Å². The molecule has 2 rings (SSSR count). The fraction of sp³-hybridized carbons (Fsp3) is 0.182. The molecule has 6 nitrogen and oxygen atoms in total. The number of aliphatic hydroxyl groups is 1.